The number of nitrogens with zero attached hydrogens (tertiary/aromatic N) is 8. The molecule has 38 heteroatoms. The first-order chi connectivity index (χ1) is 67.6. The number of ether oxygens (including phenoxy) is 4. The lowest BCUT2D eigenvalue weighted by Crippen LogP contribution is -2.71. The zero-order valence-electron chi connectivity index (χ0n) is 78.9. The SMILES string of the molecule is C1N2CN3CN1CN(C2)C3.CCCO.Cc1c(-c2ccc(C(=O)NCCN3CCOCC3)cc2)c(=O)oc2c(C=O)c(O)ccc12.Cc1c(-c2ccc(C(=O)NCCN3CCOCC3)cc2)c(=O)oc2cc(O)ccc12.Cc1c(-c2ccc(C(=O)NCCN3CCOCC3)cc2)c(=O)oc2cc(O)ccc12.Cc1c(Br)c(=O)oc2cc(O)ccc12.O=C(NCCN1CCOCC1)c1ccc(B(O)O)cc1. The third-order valence-corrected chi connectivity index (χ3v) is 25.4. The van der Waals surface area contributed by atoms with Gasteiger partial charge in [0.15, 0.2) is 11.9 Å². The lowest BCUT2D eigenvalue weighted by molar-refractivity contribution is -0.194. The Labute approximate surface area is 816 Å². The van der Waals surface area contributed by atoms with E-state index in [1.807, 2.05) is 27.7 Å². The number of aryl methyl sites for hydroxylation is 4. The van der Waals surface area contributed by atoms with Crippen LogP contribution in [0.15, 0.2) is 205 Å². The van der Waals surface area contributed by atoms with Crippen LogP contribution < -0.4 is 49.2 Å². The van der Waals surface area contributed by atoms with Crippen LogP contribution in [0.5, 0.6) is 23.0 Å². The lowest BCUT2D eigenvalue weighted by atomic mass is 9.80. The smallest absolute Gasteiger partial charge is 0.488 e. The summed E-state index contributed by atoms with van der Waals surface area (Å²) < 4.78 is 42.8. The number of aliphatic hydroxyl groups excluding tert-OH is 1. The van der Waals surface area contributed by atoms with Gasteiger partial charge in [0.2, 0.25) is 0 Å². The summed E-state index contributed by atoms with van der Waals surface area (Å²) in [7, 11) is -1.51. The molecule has 0 atom stereocenters. The number of carbonyl (C=O) groups excluding carboxylic acids is 5. The minimum absolute atomic E-state index is 0.0433. The fourth-order valence-corrected chi connectivity index (χ4v) is 17.3. The molecule has 4 amide bonds. The summed E-state index contributed by atoms with van der Waals surface area (Å²) in [6.45, 7) is 35.0. The van der Waals surface area contributed by atoms with E-state index in [1.54, 1.807) is 134 Å². The summed E-state index contributed by atoms with van der Waals surface area (Å²) in [4.78, 5) is 128. The second-order valence-electron chi connectivity index (χ2n) is 34.4. The molecule has 8 aromatic carbocycles. The number of rotatable bonds is 22. The molecule has 0 spiro atoms. The molecule has 0 aliphatic carbocycles. The van der Waals surface area contributed by atoms with Gasteiger partial charge in [0, 0.05) is 173 Å². The van der Waals surface area contributed by atoms with Gasteiger partial charge in [0.1, 0.15) is 44.2 Å². The van der Waals surface area contributed by atoms with Crippen molar-refractivity contribution < 1.29 is 96.2 Å². The summed E-state index contributed by atoms with van der Waals surface area (Å²) in [5.74, 6) is -0.701. The Hall–Kier alpha value is -12.7. The van der Waals surface area contributed by atoms with Crippen molar-refractivity contribution in [3.05, 3.63) is 260 Å². The molecule has 740 valence electrons. The van der Waals surface area contributed by atoms with E-state index < -0.39 is 29.6 Å². The standard InChI is InChI=1S/C24H24N2O6.2C23H24N2O5.C13H19BN2O4.C10H7BrO3.C6H12N4.C3H8O/c1-15-18-6-7-20(28)19(14-27)22(18)32-24(30)21(15)16-2-4-17(5-3-16)23(29)25-8-9-26-10-12-31-13-11-26;2*1-15-19-7-6-18(26)14-20(19)30-23(28)21(15)16-2-4-17(5-3-16)22(27)24-8-9-25-10-12-29-13-11-25;17-13(11-1-3-12(4-2-11)14(18)19)15-5-6-16-7-9-20-10-8-16;1-5-7-3-2-6(12)4-8(7)14-10(13)9(5)11;1-7-2-9-4-8(1)5-10(3-7)6-9;1-2-3-4/h2-7,14,28H,8-13H2,1H3,(H,25,29);2*2-7,14,26H,8-13H2,1H3,(H,24,27);1-4,18-19H,5-10H2,(H,15,17);2-4,12H,1H3;1-6H2;4H,2-3H2,1H3. The van der Waals surface area contributed by atoms with Crippen molar-refractivity contribution in [2.24, 2.45) is 0 Å². The summed E-state index contributed by atoms with van der Waals surface area (Å²) in [6.07, 6.45) is 1.34. The first-order valence-electron chi connectivity index (χ1n) is 46.4. The number of phenolic OH excluding ortho intramolecular Hbond substituents is 4. The van der Waals surface area contributed by atoms with Crippen LogP contribution >= 0.6 is 15.9 Å². The Balaban J connectivity index is 0.000000145. The van der Waals surface area contributed by atoms with Gasteiger partial charge in [-0.05, 0) is 192 Å². The van der Waals surface area contributed by atoms with Crippen LogP contribution in [-0.4, -0.2) is 316 Å². The molecule has 8 aliphatic rings. The monoisotopic (exact) mass is 1980 g/mol. The predicted molar refractivity (Wildman–Crippen MR) is 534 cm³/mol. The van der Waals surface area contributed by atoms with Gasteiger partial charge >= 0.3 is 29.6 Å². The molecule has 0 radical (unpaired) electrons. The number of aliphatic hydroxyl groups is 1. The molecule has 4 bridgehead atoms. The number of carbonyl (C=O) groups is 5. The van der Waals surface area contributed by atoms with E-state index in [2.05, 4.69) is 76.4 Å². The number of benzene rings is 8. The Bertz CT molecular complexity index is 6280. The molecule has 8 fully saturated rings. The third-order valence-electron chi connectivity index (χ3n) is 24.5. The van der Waals surface area contributed by atoms with Crippen molar-refractivity contribution in [2.75, 3.05) is 204 Å². The van der Waals surface area contributed by atoms with Gasteiger partial charge in [-0.3, -0.25) is 63.2 Å². The summed E-state index contributed by atoms with van der Waals surface area (Å²) in [6, 6.07) is 43.9. The molecule has 11 N–H and O–H groups in total. The molecule has 0 saturated carbocycles. The van der Waals surface area contributed by atoms with Gasteiger partial charge in [0.25, 0.3) is 23.6 Å². The van der Waals surface area contributed by atoms with E-state index in [9.17, 15) is 63.6 Å². The van der Waals surface area contributed by atoms with Crippen molar-refractivity contribution in [3.63, 3.8) is 0 Å². The Morgan fingerprint density at radius 1 is 0.379 bits per heavy atom. The van der Waals surface area contributed by atoms with Crippen molar-refractivity contribution >= 4 is 102 Å². The number of aromatic hydroxyl groups is 4. The first kappa shape index (κ1) is 105. The van der Waals surface area contributed by atoms with Crippen LogP contribution in [0.1, 0.15) is 87.4 Å². The zero-order valence-corrected chi connectivity index (χ0v) is 80.5. The maximum Gasteiger partial charge on any atom is 0.488 e. The van der Waals surface area contributed by atoms with Gasteiger partial charge in [-0.15, -0.1) is 0 Å². The highest BCUT2D eigenvalue weighted by molar-refractivity contribution is 9.10. The van der Waals surface area contributed by atoms with Crippen molar-refractivity contribution in [1.82, 2.24) is 60.5 Å². The van der Waals surface area contributed by atoms with Crippen LogP contribution in [0, 0.1) is 27.7 Å². The summed E-state index contributed by atoms with van der Waals surface area (Å²) in [5.41, 5.74) is 7.72. The van der Waals surface area contributed by atoms with Crippen molar-refractivity contribution in [1.29, 1.82) is 0 Å². The average molecular weight is 1990 g/mol. The van der Waals surface area contributed by atoms with Crippen LogP contribution in [-0.2, 0) is 18.9 Å². The van der Waals surface area contributed by atoms with Crippen molar-refractivity contribution in [3.8, 4) is 56.4 Å². The van der Waals surface area contributed by atoms with Crippen LogP contribution in [0.25, 0.3) is 77.3 Å². The summed E-state index contributed by atoms with van der Waals surface area (Å²) >= 11 is 3.15. The lowest BCUT2D eigenvalue weighted by Gasteiger charge is -2.56. The van der Waals surface area contributed by atoms with Crippen LogP contribution in [0.3, 0.4) is 0 Å². The van der Waals surface area contributed by atoms with E-state index in [0.29, 0.717) is 132 Å². The highest BCUT2D eigenvalue weighted by atomic mass is 79.9. The quantitative estimate of drug-likeness (QED) is 0.0175. The number of nitrogens with one attached hydrogen (secondary N) is 4. The predicted octanol–water partition coefficient (Wildman–Crippen LogP) is 7.79. The maximum atomic E-state index is 12.7. The maximum absolute atomic E-state index is 12.7. The second kappa shape index (κ2) is 50.9. The van der Waals surface area contributed by atoms with Gasteiger partial charge in [-0.2, -0.15) is 0 Å². The number of halogens is 1. The number of aldehydes is 1. The molecule has 36 nitrogen and oxygen atoms in total. The number of hydrogen-bond donors (Lipinski definition) is 11. The molecule has 140 heavy (non-hydrogen) atoms. The third kappa shape index (κ3) is 28.1. The van der Waals surface area contributed by atoms with Gasteiger partial charge < -0.3 is 93.5 Å². The summed E-state index contributed by atoms with van der Waals surface area (Å²) in [5, 5.41) is 78.6. The highest BCUT2D eigenvalue weighted by Gasteiger charge is 2.37. The first-order valence-corrected chi connectivity index (χ1v) is 47.2. The Kier molecular flexibility index (Phi) is 38.1. The highest BCUT2D eigenvalue weighted by Crippen LogP contribution is 2.35. The number of amides is 4. The van der Waals surface area contributed by atoms with E-state index in [-0.39, 0.29) is 57.8 Å². The normalized spacial score (nSPS) is 17.3. The largest absolute Gasteiger partial charge is 0.508 e. The fourth-order valence-electron chi connectivity index (χ4n) is 17.0. The molecule has 8 saturated heterocycles. The van der Waals surface area contributed by atoms with Crippen LogP contribution in [0.4, 0.5) is 0 Å². The molecule has 12 heterocycles. The number of morpholine rings is 4. The van der Waals surface area contributed by atoms with E-state index in [0.717, 1.165) is 171 Å². The molecule has 12 aromatic rings. The van der Waals surface area contributed by atoms with Crippen LogP contribution in [0.2, 0.25) is 0 Å². The van der Waals surface area contributed by atoms with E-state index in [1.165, 1.54) is 76.4 Å². The fraction of sp³-hybridized carbons (Fsp3) is 0.363. The zero-order chi connectivity index (χ0) is 99.5. The molecule has 4 aromatic heterocycles. The second-order valence-corrected chi connectivity index (χ2v) is 35.1. The van der Waals surface area contributed by atoms with Gasteiger partial charge in [0.05, 0.1) is 115 Å². The minimum Gasteiger partial charge on any atom is -0.508 e. The van der Waals surface area contributed by atoms with E-state index in [4.69, 9.17) is 51.8 Å². The Morgan fingerprint density at radius 3 is 0.943 bits per heavy atom. The molecular weight excluding hydrogens is 1870 g/mol. The topological polar surface area (TPSA) is 459 Å². The Morgan fingerprint density at radius 2 is 0.650 bits per heavy atom. The van der Waals surface area contributed by atoms with E-state index >= 15 is 0 Å². The molecule has 8 aliphatic heterocycles. The average Bonchev–Trinajstić information content (AvgIpc) is 0.752. The minimum atomic E-state index is -1.51. The number of fused-ring (bicyclic) bond motifs is 4. The molecule has 0 unspecified atom stereocenters. The van der Waals surface area contributed by atoms with Gasteiger partial charge in [-0.1, -0.05) is 55.5 Å². The molecule has 20 rings (SSSR count). The molecular formula is C102H118BBrN12O24. The number of hydrogen-bond acceptors (Lipinski definition) is 32. The number of phenols is 4. The van der Waals surface area contributed by atoms with Crippen molar-refractivity contribution in [2.45, 2.75) is 41.0 Å². The van der Waals surface area contributed by atoms with Gasteiger partial charge in [-0.25, -0.2) is 19.2 Å².